The third-order valence-electron chi connectivity index (χ3n) is 2.20. The molecule has 0 aromatic carbocycles. The molecule has 0 aliphatic heterocycles. The van der Waals surface area contributed by atoms with Gasteiger partial charge in [-0.3, -0.25) is 0 Å². The smallest absolute Gasteiger partial charge is 0.403 e. The van der Waals surface area contributed by atoms with E-state index in [9.17, 15) is 4.79 Å². The molecule has 0 radical (unpaired) electrons. The Hall–Kier alpha value is -0.280. The van der Waals surface area contributed by atoms with Crippen LogP contribution in [0.4, 0.5) is 4.79 Å². The molecule has 1 saturated carbocycles. The standard InChI is InChI=1S/C9H15ClO3/c10-9(11)13-7-6-12-8-4-2-1-3-5-8/h8H,1-7H2. The van der Waals surface area contributed by atoms with Gasteiger partial charge in [0.15, 0.2) is 0 Å². The molecule has 0 unspecified atom stereocenters. The molecule has 0 saturated heterocycles. The molecule has 0 spiro atoms. The maximum atomic E-state index is 10.2. The van der Waals surface area contributed by atoms with Gasteiger partial charge in [-0.1, -0.05) is 19.3 Å². The van der Waals surface area contributed by atoms with Crippen molar-refractivity contribution >= 4 is 17.0 Å². The number of carbonyl (C=O) groups is 1. The molecule has 1 rings (SSSR count). The van der Waals surface area contributed by atoms with Crippen molar-refractivity contribution < 1.29 is 14.3 Å². The molecule has 0 aromatic rings. The van der Waals surface area contributed by atoms with Gasteiger partial charge in [-0.05, 0) is 12.8 Å². The van der Waals surface area contributed by atoms with Crippen LogP contribution in [0.3, 0.4) is 0 Å². The summed E-state index contributed by atoms with van der Waals surface area (Å²) in [5, 5.41) is 0. The second-order valence-electron chi connectivity index (χ2n) is 3.22. The molecule has 0 heterocycles. The summed E-state index contributed by atoms with van der Waals surface area (Å²) in [6.07, 6.45) is 6.45. The van der Waals surface area contributed by atoms with Crippen molar-refractivity contribution in [2.24, 2.45) is 0 Å². The fraction of sp³-hybridized carbons (Fsp3) is 0.889. The number of hydrogen-bond acceptors (Lipinski definition) is 3. The lowest BCUT2D eigenvalue weighted by Crippen LogP contribution is -2.19. The predicted molar refractivity (Wildman–Crippen MR) is 50.0 cm³/mol. The van der Waals surface area contributed by atoms with E-state index < -0.39 is 5.43 Å². The van der Waals surface area contributed by atoms with Crippen LogP contribution >= 0.6 is 11.6 Å². The second kappa shape index (κ2) is 6.22. The molecule has 0 atom stereocenters. The molecule has 13 heavy (non-hydrogen) atoms. The SMILES string of the molecule is O=C(Cl)OCCOC1CCCCC1. The van der Waals surface area contributed by atoms with Crippen LogP contribution in [0.5, 0.6) is 0 Å². The lowest BCUT2D eigenvalue weighted by atomic mass is 9.98. The van der Waals surface area contributed by atoms with Crippen LogP contribution in [0.2, 0.25) is 0 Å². The van der Waals surface area contributed by atoms with Crippen molar-refractivity contribution in [2.45, 2.75) is 38.2 Å². The van der Waals surface area contributed by atoms with Gasteiger partial charge in [0.05, 0.1) is 12.7 Å². The van der Waals surface area contributed by atoms with E-state index >= 15 is 0 Å². The first-order chi connectivity index (χ1) is 6.29. The summed E-state index contributed by atoms with van der Waals surface area (Å²) < 4.78 is 10.0. The number of hydrogen-bond donors (Lipinski definition) is 0. The van der Waals surface area contributed by atoms with Crippen LogP contribution in [0.1, 0.15) is 32.1 Å². The Labute approximate surface area is 83.3 Å². The Morgan fingerprint density at radius 2 is 1.92 bits per heavy atom. The number of halogens is 1. The monoisotopic (exact) mass is 206 g/mol. The summed E-state index contributed by atoms with van der Waals surface area (Å²) in [6, 6.07) is 0. The van der Waals surface area contributed by atoms with Gasteiger partial charge < -0.3 is 9.47 Å². The molecule has 0 N–H and O–H groups in total. The van der Waals surface area contributed by atoms with Crippen LogP contribution < -0.4 is 0 Å². The van der Waals surface area contributed by atoms with Crippen LogP contribution in [0.15, 0.2) is 0 Å². The van der Waals surface area contributed by atoms with E-state index in [1.165, 1.54) is 19.3 Å². The Balaban J connectivity index is 1.95. The van der Waals surface area contributed by atoms with Gasteiger partial charge in [-0.25, -0.2) is 4.79 Å². The maximum Gasteiger partial charge on any atom is 0.403 e. The minimum atomic E-state index is -0.757. The topological polar surface area (TPSA) is 35.5 Å². The van der Waals surface area contributed by atoms with Gasteiger partial charge in [0, 0.05) is 11.6 Å². The fourth-order valence-corrected chi connectivity index (χ4v) is 1.65. The third kappa shape index (κ3) is 5.11. The summed E-state index contributed by atoms with van der Waals surface area (Å²) in [6.45, 7) is 0.724. The Kier molecular flexibility index (Phi) is 5.16. The quantitative estimate of drug-likeness (QED) is 0.524. The summed E-state index contributed by atoms with van der Waals surface area (Å²) >= 11 is 4.98. The van der Waals surface area contributed by atoms with Crippen molar-refractivity contribution in [1.82, 2.24) is 0 Å². The lowest BCUT2D eigenvalue weighted by molar-refractivity contribution is 0.00714. The van der Waals surface area contributed by atoms with E-state index in [4.69, 9.17) is 16.3 Å². The summed E-state index contributed by atoms with van der Waals surface area (Å²) in [5.74, 6) is 0. The molecule has 0 amide bonds. The van der Waals surface area contributed by atoms with Gasteiger partial charge >= 0.3 is 5.43 Å². The Bertz CT molecular complexity index is 155. The molecule has 1 fully saturated rings. The largest absolute Gasteiger partial charge is 0.451 e. The number of rotatable bonds is 4. The average Bonchev–Trinajstić information content (AvgIpc) is 2.14. The highest BCUT2D eigenvalue weighted by atomic mass is 35.5. The zero-order chi connectivity index (χ0) is 9.52. The first kappa shape index (κ1) is 10.8. The summed E-state index contributed by atoms with van der Waals surface area (Å²) in [4.78, 5) is 10.2. The van der Waals surface area contributed by atoms with Crippen LogP contribution in [0.25, 0.3) is 0 Å². The zero-order valence-corrected chi connectivity index (χ0v) is 8.39. The van der Waals surface area contributed by atoms with E-state index in [-0.39, 0.29) is 6.61 Å². The van der Waals surface area contributed by atoms with E-state index in [1.807, 2.05) is 0 Å². The van der Waals surface area contributed by atoms with Gasteiger partial charge in [-0.15, -0.1) is 0 Å². The molecular formula is C9H15ClO3. The van der Waals surface area contributed by atoms with Crippen molar-refractivity contribution in [1.29, 1.82) is 0 Å². The van der Waals surface area contributed by atoms with Crippen molar-refractivity contribution in [3.8, 4) is 0 Å². The molecule has 0 bridgehead atoms. The van der Waals surface area contributed by atoms with Gasteiger partial charge in [0.25, 0.3) is 0 Å². The fourth-order valence-electron chi connectivity index (χ4n) is 1.57. The Morgan fingerprint density at radius 3 is 2.54 bits per heavy atom. The van der Waals surface area contributed by atoms with Crippen molar-refractivity contribution in [3.63, 3.8) is 0 Å². The summed E-state index contributed by atoms with van der Waals surface area (Å²) in [7, 11) is 0. The molecule has 0 aromatic heterocycles. The minimum absolute atomic E-state index is 0.263. The normalized spacial score (nSPS) is 18.5. The zero-order valence-electron chi connectivity index (χ0n) is 7.63. The highest BCUT2D eigenvalue weighted by Gasteiger charge is 2.13. The molecular weight excluding hydrogens is 192 g/mol. The van der Waals surface area contributed by atoms with E-state index in [0.29, 0.717) is 12.7 Å². The maximum absolute atomic E-state index is 10.2. The molecule has 76 valence electrons. The highest BCUT2D eigenvalue weighted by Crippen LogP contribution is 2.19. The van der Waals surface area contributed by atoms with E-state index in [2.05, 4.69) is 4.74 Å². The van der Waals surface area contributed by atoms with Gasteiger partial charge in [0.1, 0.15) is 6.61 Å². The van der Waals surface area contributed by atoms with Gasteiger partial charge in [-0.2, -0.15) is 0 Å². The van der Waals surface area contributed by atoms with Crippen molar-refractivity contribution in [3.05, 3.63) is 0 Å². The lowest BCUT2D eigenvalue weighted by Gasteiger charge is -2.21. The minimum Gasteiger partial charge on any atom is -0.451 e. The highest BCUT2D eigenvalue weighted by molar-refractivity contribution is 6.61. The first-order valence-corrected chi connectivity index (χ1v) is 5.10. The Morgan fingerprint density at radius 1 is 1.23 bits per heavy atom. The van der Waals surface area contributed by atoms with E-state index in [0.717, 1.165) is 12.8 Å². The third-order valence-corrected chi connectivity index (χ3v) is 2.31. The molecule has 1 aliphatic rings. The molecule has 1 aliphatic carbocycles. The first-order valence-electron chi connectivity index (χ1n) is 4.73. The summed E-state index contributed by atoms with van der Waals surface area (Å²) in [5.41, 5.74) is -0.757. The van der Waals surface area contributed by atoms with Crippen LogP contribution in [-0.2, 0) is 9.47 Å². The predicted octanol–water partition coefficient (Wildman–Crippen LogP) is 2.71. The number of carbonyl (C=O) groups excluding carboxylic acids is 1. The average molecular weight is 207 g/mol. The van der Waals surface area contributed by atoms with Crippen LogP contribution in [0, 0.1) is 0 Å². The van der Waals surface area contributed by atoms with Crippen LogP contribution in [-0.4, -0.2) is 24.7 Å². The van der Waals surface area contributed by atoms with E-state index in [1.54, 1.807) is 0 Å². The second-order valence-corrected chi connectivity index (χ2v) is 3.53. The molecule has 4 heteroatoms. The van der Waals surface area contributed by atoms with Crippen molar-refractivity contribution in [2.75, 3.05) is 13.2 Å². The molecule has 3 nitrogen and oxygen atoms in total. The number of ether oxygens (including phenoxy) is 2. The van der Waals surface area contributed by atoms with Gasteiger partial charge in [0.2, 0.25) is 0 Å².